The normalized spacial score (nSPS) is 10.2. The van der Waals surface area contributed by atoms with E-state index in [1.165, 1.54) is 11.3 Å². The Balaban J connectivity index is 1.71. The van der Waals surface area contributed by atoms with Crippen molar-refractivity contribution in [3.8, 4) is 6.07 Å². The maximum atomic E-state index is 11.9. The summed E-state index contributed by atoms with van der Waals surface area (Å²) in [5, 5.41) is 15.2. The number of nitriles is 1. The van der Waals surface area contributed by atoms with Gasteiger partial charge in [0.05, 0.1) is 21.8 Å². The Morgan fingerprint density at radius 1 is 1.18 bits per heavy atom. The molecule has 5 nitrogen and oxygen atoms in total. The summed E-state index contributed by atoms with van der Waals surface area (Å²) in [6, 6.07) is 13.6. The second kappa shape index (κ2) is 6.02. The third kappa shape index (κ3) is 3.17. The molecule has 2 amide bonds. The van der Waals surface area contributed by atoms with Crippen LogP contribution in [0.2, 0.25) is 5.02 Å². The number of rotatable bonds is 2. The highest BCUT2D eigenvalue weighted by atomic mass is 35.5. The van der Waals surface area contributed by atoms with Gasteiger partial charge in [0.25, 0.3) is 0 Å². The number of thiazole rings is 1. The van der Waals surface area contributed by atoms with Crippen molar-refractivity contribution in [2.24, 2.45) is 0 Å². The van der Waals surface area contributed by atoms with Crippen LogP contribution in [0, 0.1) is 11.3 Å². The Kier molecular flexibility index (Phi) is 3.92. The van der Waals surface area contributed by atoms with E-state index >= 15 is 0 Å². The number of hydrogen-bond donors (Lipinski definition) is 2. The minimum Gasteiger partial charge on any atom is -0.308 e. The predicted octanol–water partition coefficient (Wildman–Crippen LogP) is 4.47. The van der Waals surface area contributed by atoms with Crippen LogP contribution in [0.5, 0.6) is 0 Å². The second-order valence-electron chi connectivity index (χ2n) is 4.40. The quantitative estimate of drug-likeness (QED) is 0.728. The van der Waals surface area contributed by atoms with Gasteiger partial charge in [0.2, 0.25) is 0 Å². The molecule has 0 saturated carbocycles. The minimum absolute atomic E-state index is 0.394. The number of carbonyl (C=O) groups excluding carboxylic acids is 1. The van der Waals surface area contributed by atoms with Crippen molar-refractivity contribution < 1.29 is 4.79 Å². The highest BCUT2D eigenvalue weighted by molar-refractivity contribution is 7.22. The Morgan fingerprint density at radius 3 is 2.68 bits per heavy atom. The van der Waals surface area contributed by atoms with E-state index in [1.807, 2.05) is 6.07 Å². The van der Waals surface area contributed by atoms with E-state index in [0.717, 1.165) is 10.2 Å². The first-order valence-corrected chi connectivity index (χ1v) is 7.48. The molecule has 3 rings (SSSR count). The van der Waals surface area contributed by atoms with Gasteiger partial charge >= 0.3 is 6.03 Å². The third-order valence-corrected chi connectivity index (χ3v) is 4.01. The number of halogens is 1. The Labute approximate surface area is 135 Å². The molecule has 0 atom stereocenters. The molecule has 1 heterocycles. The van der Waals surface area contributed by atoms with Crippen molar-refractivity contribution in [2.75, 3.05) is 10.6 Å². The molecule has 2 aromatic carbocycles. The lowest BCUT2D eigenvalue weighted by Crippen LogP contribution is -2.19. The summed E-state index contributed by atoms with van der Waals surface area (Å²) in [7, 11) is 0. The van der Waals surface area contributed by atoms with Gasteiger partial charge in [-0.05, 0) is 42.5 Å². The molecular formula is C15H9ClN4OS. The van der Waals surface area contributed by atoms with Gasteiger partial charge in [-0.25, -0.2) is 9.78 Å². The van der Waals surface area contributed by atoms with E-state index in [2.05, 4.69) is 15.6 Å². The standard InChI is InChI=1S/C15H9ClN4OS/c16-10-3-6-12-13(7-10)22-15(19-12)20-14(21)18-11-4-1-9(8-17)2-5-11/h1-7H,(H2,18,19,20,21). The lowest BCUT2D eigenvalue weighted by molar-refractivity contribution is 0.262. The zero-order chi connectivity index (χ0) is 15.5. The molecule has 2 N–H and O–H groups in total. The Hall–Kier alpha value is -2.62. The van der Waals surface area contributed by atoms with Gasteiger partial charge in [0, 0.05) is 10.7 Å². The number of anilines is 2. The molecule has 1 aromatic heterocycles. The summed E-state index contributed by atoms with van der Waals surface area (Å²) < 4.78 is 0.904. The number of amides is 2. The molecule has 3 aromatic rings. The maximum Gasteiger partial charge on any atom is 0.325 e. The van der Waals surface area contributed by atoms with E-state index in [-0.39, 0.29) is 0 Å². The van der Waals surface area contributed by atoms with Crippen molar-refractivity contribution in [3.63, 3.8) is 0 Å². The fourth-order valence-corrected chi connectivity index (χ4v) is 2.98. The van der Waals surface area contributed by atoms with Gasteiger partial charge < -0.3 is 5.32 Å². The molecule has 7 heteroatoms. The van der Waals surface area contributed by atoms with E-state index in [4.69, 9.17) is 16.9 Å². The van der Waals surface area contributed by atoms with Gasteiger partial charge in [-0.3, -0.25) is 5.32 Å². The summed E-state index contributed by atoms with van der Waals surface area (Å²) in [5.41, 5.74) is 1.91. The lowest BCUT2D eigenvalue weighted by Gasteiger charge is -2.04. The van der Waals surface area contributed by atoms with Gasteiger partial charge in [-0.2, -0.15) is 5.26 Å². The summed E-state index contributed by atoms with van der Waals surface area (Å²) in [6.07, 6.45) is 0. The molecule has 0 fully saturated rings. The third-order valence-electron chi connectivity index (χ3n) is 2.84. The average molecular weight is 329 g/mol. The number of urea groups is 1. The highest BCUT2D eigenvalue weighted by Gasteiger charge is 2.08. The van der Waals surface area contributed by atoms with Crippen LogP contribution in [-0.4, -0.2) is 11.0 Å². The number of benzene rings is 2. The number of nitrogens with zero attached hydrogens (tertiary/aromatic N) is 2. The largest absolute Gasteiger partial charge is 0.325 e. The van der Waals surface area contributed by atoms with Crippen molar-refractivity contribution >= 4 is 50.0 Å². The summed E-state index contributed by atoms with van der Waals surface area (Å²) >= 11 is 7.27. The molecular weight excluding hydrogens is 320 g/mol. The molecule has 0 bridgehead atoms. The van der Waals surface area contributed by atoms with Crippen LogP contribution < -0.4 is 10.6 Å². The van der Waals surface area contributed by atoms with Gasteiger partial charge in [0.1, 0.15) is 0 Å². The number of carbonyl (C=O) groups is 1. The molecule has 22 heavy (non-hydrogen) atoms. The molecule has 0 aliphatic heterocycles. The monoisotopic (exact) mass is 328 g/mol. The van der Waals surface area contributed by atoms with Crippen LogP contribution in [0.25, 0.3) is 10.2 Å². The van der Waals surface area contributed by atoms with Crippen LogP contribution in [-0.2, 0) is 0 Å². The highest BCUT2D eigenvalue weighted by Crippen LogP contribution is 2.28. The second-order valence-corrected chi connectivity index (χ2v) is 5.87. The predicted molar refractivity (Wildman–Crippen MR) is 88.4 cm³/mol. The van der Waals surface area contributed by atoms with Crippen LogP contribution in [0.1, 0.15) is 5.56 Å². The molecule has 0 unspecified atom stereocenters. The number of fused-ring (bicyclic) bond motifs is 1. The van der Waals surface area contributed by atoms with Crippen molar-refractivity contribution in [1.82, 2.24) is 4.98 Å². The number of hydrogen-bond acceptors (Lipinski definition) is 4. The first kappa shape index (κ1) is 14.3. The van der Waals surface area contributed by atoms with Crippen molar-refractivity contribution in [1.29, 1.82) is 5.26 Å². The first-order valence-electron chi connectivity index (χ1n) is 6.28. The summed E-state index contributed by atoms with van der Waals surface area (Å²) in [5.74, 6) is 0. The Morgan fingerprint density at radius 2 is 1.95 bits per heavy atom. The molecule has 108 valence electrons. The van der Waals surface area contributed by atoms with E-state index in [9.17, 15) is 4.79 Å². The first-order chi connectivity index (χ1) is 10.6. The fourth-order valence-electron chi connectivity index (χ4n) is 1.84. The summed E-state index contributed by atoms with van der Waals surface area (Å²) in [4.78, 5) is 16.2. The van der Waals surface area contributed by atoms with Gasteiger partial charge in [-0.15, -0.1) is 0 Å². The van der Waals surface area contributed by atoms with Crippen LogP contribution in [0.3, 0.4) is 0 Å². The minimum atomic E-state index is -0.394. The maximum absolute atomic E-state index is 11.9. The molecule has 0 aliphatic carbocycles. The van der Waals surface area contributed by atoms with Crippen LogP contribution in [0.15, 0.2) is 42.5 Å². The van der Waals surface area contributed by atoms with Crippen LogP contribution in [0.4, 0.5) is 15.6 Å². The molecule has 0 saturated heterocycles. The topological polar surface area (TPSA) is 77.8 Å². The van der Waals surface area contributed by atoms with Gasteiger partial charge in [0.15, 0.2) is 5.13 Å². The Bertz CT molecular complexity index is 883. The number of nitrogens with one attached hydrogen (secondary N) is 2. The lowest BCUT2D eigenvalue weighted by atomic mass is 10.2. The van der Waals surface area contributed by atoms with E-state index in [0.29, 0.717) is 21.4 Å². The average Bonchev–Trinajstić information content (AvgIpc) is 2.89. The van der Waals surface area contributed by atoms with E-state index in [1.54, 1.807) is 42.5 Å². The number of aromatic nitrogens is 1. The molecule has 0 radical (unpaired) electrons. The smallest absolute Gasteiger partial charge is 0.308 e. The van der Waals surface area contributed by atoms with Gasteiger partial charge in [-0.1, -0.05) is 22.9 Å². The fraction of sp³-hybridized carbons (Fsp3) is 0. The molecule has 0 spiro atoms. The van der Waals surface area contributed by atoms with Crippen molar-refractivity contribution in [3.05, 3.63) is 53.1 Å². The zero-order valence-electron chi connectivity index (χ0n) is 11.1. The zero-order valence-corrected chi connectivity index (χ0v) is 12.7. The SMILES string of the molecule is N#Cc1ccc(NC(=O)Nc2nc3ccc(Cl)cc3s2)cc1. The van der Waals surface area contributed by atoms with Crippen molar-refractivity contribution in [2.45, 2.75) is 0 Å². The summed E-state index contributed by atoms with van der Waals surface area (Å²) in [6.45, 7) is 0. The van der Waals surface area contributed by atoms with Crippen LogP contribution >= 0.6 is 22.9 Å². The molecule has 0 aliphatic rings. The van der Waals surface area contributed by atoms with E-state index < -0.39 is 6.03 Å².